The number of fused-ring (bicyclic) bond motifs is 1. The minimum atomic E-state index is 0. The second-order valence-electron chi connectivity index (χ2n) is 2.37. The Morgan fingerprint density at radius 1 is 1.23 bits per heavy atom. The van der Waals surface area contributed by atoms with Crippen LogP contribution in [0.25, 0.3) is 10.9 Å². The fourth-order valence-electron chi connectivity index (χ4n) is 1.11. The van der Waals surface area contributed by atoms with E-state index in [1.165, 1.54) is 0 Å². The van der Waals surface area contributed by atoms with Crippen molar-refractivity contribution in [3.63, 3.8) is 0 Å². The van der Waals surface area contributed by atoms with Gasteiger partial charge in [-0.3, -0.25) is 0 Å². The van der Waals surface area contributed by atoms with Crippen molar-refractivity contribution in [2.45, 2.75) is 0 Å². The fraction of sp³-hybridized carbons (Fsp3) is 0.111. The van der Waals surface area contributed by atoms with Gasteiger partial charge in [-0.1, -0.05) is 12.1 Å². The van der Waals surface area contributed by atoms with Crippen molar-refractivity contribution in [1.82, 2.24) is 4.98 Å². The van der Waals surface area contributed by atoms with Crippen LogP contribution in [0.3, 0.4) is 0 Å². The van der Waals surface area contributed by atoms with Crippen LogP contribution in [0.5, 0.6) is 5.75 Å². The molecule has 0 saturated carbocycles. The van der Waals surface area contributed by atoms with Crippen LogP contribution in [-0.2, 0) is 19.5 Å². The van der Waals surface area contributed by atoms with Gasteiger partial charge in [0, 0.05) is 0 Å². The largest absolute Gasteiger partial charge is 2.00 e. The van der Waals surface area contributed by atoms with Gasteiger partial charge in [-0.05, 0) is 17.5 Å². The Morgan fingerprint density at radius 2 is 2.00 bits per heavy atom. The van der Waals surface area contributed by atoms with Gasteiger partial charge in [0.1, 0.15) is 5.75 Å². The van der Waals surface area contributed by atoms with E-state index in [1.54, 1.807) is 13.3 Å². The summed E-state index contributed by atoms with van der Waals surface area (Å²) in [5.74, 6) is 0.880. The van der Waals surface area contributed by atoms with E-state index in [0.29, 0.717) is 0 Å². The number of halogens is 1. The molecule has 0 bridgehead atoms. The van der Waals surface area contributed by atoms with Crippen LogP contribution in [0.1, 0.15) is 0 Å². The van der Waals surface area contributed by atoms with Crippen LogP contribution in [0.2, 0.25) is 0 Å². The number of hydrogen-bond donors (Lipinski definition) is 0. The third-order valence-electron chi connectivity index (χ3n) is 1.70. The van der Waals surface area contributed by atoms with Crippen LogP contribution in [0, 0.1) is 0 Å². The molecule has 0 fully saturated rings. The monoisotopic (exact) mass is 245 g/mol. The normalized spacial score (nSPS) is 8.69. The zero-order chi connectivity index (χ0) is 7.68. The maximum absolute atomic E-state index is 5.06. The van der Waals surface area contributed by atoms with E-state index in [4.69, 9.17) is 4.74 Å². The Labute approximate surface area is 95.8 Å². The van der Waals surface area contributed by atoms with Gasteiger partial charge < -0.3 is 22.1 Å². The minimum absolute atomic E-state index is 0. The van der Waals surface area contributed by atoms with Gasteiger partial charge in [0.15, 0.2) is 0 Å². The second kappa shape index (κ2) is 5.26. The molecule has 1 aromatic heterocycles. The Kier molecular flexibility index (Phi) is 5.04. The molecule has 0 aliphatic rings. The first-order chi connectivity index (χ1) is 5.40. The van der Waals surface area contributed by atoms with Gasteiger partial charge in [-0.25, -0.2) is 0 Å². The van der Waals surface area contributed by atoms with Gasteiger partial charge >= 0.3 is 19.5 Å². The maximum Gasteiger partial charge on any atom is 2.00 e. The summed E-state index contributed by atoms with van der Waals surface area (Å²) in [6, 6.07) is 7.81. The molecule has 4 heteroatoms. The number of nitrogens with zero attached hydrogens (tertiary/aromatic N) is 1. The molecule has 2 aromatic rings. The SMILES string of the molecule is COc1ccc2[n-]ccc2c1.[Cl-].[Zn+2]. The van der Waals surface area contributed by atoms with Crippen LogP contribution in [0.15, 0.2) is 30.5 Å². The van der Waals surface area contributed by atoms with Gasteiger partial charge in [0.25, 0.3) is 0 Å². The van der Waals surface area contributed by atoms with E-state index in [0.717, 1.165) is 16.7 Å². The molecule has 0 aliphatic carbocycles. The first-order valence-corrected chi connectivity index (χ1v) is 3.45. The van der Waals surface area contributed by atoms with Crippen molar-refractivity contribution in [3.8, 4) is 5.75 Å². The Balaban J connectivity index is 0.000000720. The average Bonchev–Trinajstić information content (AvgIpc) is 2.50. The smallest absolute Gasteiger partial charge is 1.00 e. The van der Waals surface area contributed by atoms with E-state index >= 15 is 0 Å². The van der Waals surface area contributed by atoms with E-state index in [1.807, 2.05) is 24.3 Å². The standard InChI is InChI=1S/C9H8NO.ClH.Zn/c1-11-8-2-3-9-7(6-8)4-5-10-9;;/h2-6H,1H3;1H;/q-1;;+2/p-1. The molecule has 0 radical (unpaired) electrons. The summed E-state index contributed by atoms with van der Waals surface area (Å²) in [7, 11) is 1.66. The molecule has 0 spiro atoms. The summed E-state index contributed by atoms with van der Waals surface area (Å²) < 4.78 is 5.06. The number of rotatable bonds is 1. The Bertz CT molecular complexity index is 374. The third kappa shape index (κ3) is 2.46. The number of hydrogen-bond acceptors (Lipinski definition) is 1. The van der Waals surface area contributed by atoms with Crippen molar-refractivity contribution >= 4 is 10.9 Å². The van der Waals surface area contributed by atoms with Crippen LogP contribution in [-0.4, -0.2) is 7.11 Å². The quantitative estimate of drug-likeness (QED) is 0.591. The molecule has 0 atom stereocenters. The molecule has 13 heavy (non-hydrogen) atoms. The molecule has 1 heterocycles. The van der Waals surface area contributed by atoms with Gasteiger partial charge in [-0.15, -0.1) is 5.52 Å². The van der Waals surface area contributed by atoms with Crippen LogP contribution < -0.4 is 22.1 Å². The average molecular weight is 247 g/mol. The first kappa shape index (κ1) is 12.5. The Morgan fingerprint density at radius 3 is 2.69 bits per heavy atom. The predicted octanol–water partition coefficient (Wildman–Crippen LogP) is -1.19. The topological polar surface area (TPSA) is 23.3 Å². The number of aromatic nitrogens is 1. The van der Waals surface area contributed by atoms with E-state index in [2.05, 4.69) is 4.98 Å². The summed E-state index contributed by atoms with van der Waals surface area (Å²) in [4.78, 5) is 4.14. The molecule has 0 unspecified atom stereocenters. The maximum atomic E-state index is 5.06. The van der Waals surface area contributed by atoms with E-state index < -0.39 is 0 Å². The summed E-state index contributed by atoms with van der Waals surface area (Å²) in [5.41, 5.74) is 1.02. The molecule has 2 rings (SSSR count). The number of ether oxygens (including phenoxy) is 1. The molecule has 1 aromatic carbocycles. The van der Waals surface area contributed by atoms with Gasteiger partial charge in [0.05, 0.1) is 7.11 Å². The summed E-state index contributed by atoms with van der Waals surface area (Å²) >= 11 is 0. The van der Waals surface area contributed by atoms with Crippen LogP contribution in [0.4, 0.5) is 0 Å². The summed E-state index contributed by atoms with van der Waals surface area (Å²) in [6.45, 7) is 0. The van der Waals surface area contributed by atoms with Crippen molar-refractivity contribution < 1.29 is 36.6 Å². The zero-order valence-corrected chi connectivity index (χ0v) is 11.1. The molecule has 0 N–H and O–H groups in total. The zero-order valence-electron chi connectivity index (χ0n) is 7.33. The van der Waals surface area contributed by atoms with Crippen molar-refractivity contribution in [2.24, 2.45) is 0 Å². The van der Waals surface area contributed by atoms with Crippen molar-refractivity contribution in [1.29, 1.82) is 0 Å². The summed E-state index contributed by atoms with van der Waals surface area (Å²) in [5, 5.41) is 1.13. The second-order valence-corrected chi connectivity index (χ2v) is 2.37. The predicted molar refractivity (Wildman–Crippen MR) is 43.8 cm³/mol. The molecular formula is C9H8ClNOZn. The Hall–Kier alpha value is -0.527. The van der Waals surface area contributed by atoms with Crippen LogP contribution >= 0.6 is 0 Å². The number of methoxy groups -OCH3 is 1. The molecular weight excluding hydrogens is 239 g/mol. The molecule has 0 aliphatic heterocycles. The number of benzene rings is 1. The van der Waals surface area contributed by atoms with E-state index in [9.17, 15) is 0 Å². The molecule has 64 valence electrons. The van der Waals surface area contributed by atoms with Gasteiger partial charge in [0.2, 0.25) is 0 Å². The third-order valence-corrected chi connectivity index (χ3v) is 1.70. The minimum Gasteiger partial charge on any atom is -1.00 e. The van der Waals surface area contributed by atoms with Gasteiger partial charge in [-0.2, -0.15) is 6.20 Å². The molecule has 2 nitrogen and oxygen atoms in total. The van der Waals surface area contributed by atoms with E-state index in [-0.39, 0.29) is 31.9 Å². The molecule has 0 amide bonds. The molecule has 0 saturated heterocycles. The first-order valence-electron chi connectivity index (χ1n) is 3.45. The van der Waals surface area contributed by atoms with Crippen molar-refractivity contribution in [2.75, 3.05) is 7.11 Å². The van der Waals surface area contributed by atoms with Crippen molar-refractivity contribution in [3.05, 3.63) is 30.5 Å². The summed E-state index contributed by atoms with van der Waals surface area (Å²) in [6.07, 6.45) is 1.80. The fourth-order valence-corrected chi connectivity index (χ4v) is 1.11.